The third-order valence-corrected chi connectivity index (χ3v) is 4.71. The van der Waals surface area contributed by atoms with Gasteiger partial charge in [-0.25, -0.2) is 9.97 Å². The molecule has 1 fully saturated rings. The number of thioether (sulfide) groups is 1. The maximum absolute atomic E-state index is 4.57. The maximum Gasteiger partial charge on any atom is 0.128 e. The van der Waals surface area contributed by atoms with Crippen LogP contribution in [-0.2, 0) is 0 Å². The summed E-state index contributed by atoms with van der Waals surface area (Å²) in [5.41, 5.74) is 2.14. The highest BCUT2D eigenvalue weighted by Gasteiger charge is 2.12. The molecule has 18 heavy (non-hydrogen) atoms. The molecule has 0 radical (unpaired) electrons. The summed E-state index contributed by atoms with van der Waals surface area (Å²) >= 11 is 3.70. The molecule has 0 spiro atoms. The zero-order valence-electron chi connectivity index (χ0n) is 10.3. The number of hydrogen-bond donors (Lipinski definition) is 0. The van der Waals surface area contributed by atoms with Crippen molar-refractivity contribution in [1.29, 1.82) is 0 Å². The fraction of sp³-hybridized carbons (Fsp3) is 0.385. The van der Waals surface area contributed by atoms with Crippen LogP contribution in [0.4, 0.5) is 5.82 Å². The maximum atomic E-state index is 4.57. The molecule has 2 aromatic heterocycles. The van der Waals surface area contributed by atoms with Crippen LogP contribution >= 0.6 is 23.1 Å². The number of aryl methyl sites for hydroxylation is 1. The molecule has 1 aliphatic heterocycles. The van der Waals surface area contributed by atoms with Gasteiger partial charge in [-0.1, -0.05) is 0 Å². The minimum atomic E-state index is 1.03. The lowest BCUT2D eigenvalue weighted by molar-refractivity contribution is 0.839. The second kappa shape index (κ2) is 5.28. The molecule has 5 heteroatoms. The fourth-order valence-corrected chi connectivity index (χ4v) is 3.54. The minimum Gasteiger partial charge on any atom is -0.355 e. The molecule has 0 aliphatic carbocycles. The van der Waals surface area contributed by atoms with Gasteiger partial charge in [-0.05, 0) is 19.1 Å². The van der Waals surface area contributed by atoms with Gasteiger partial charge in [-0.3, -0.25) is 0 Å². The van der Waals surface area contributed by atoms with Gasteiger partial charge in [0, 0.05) is 41.7 Å². The van der Waals surface area contributed by atoms with E-state index < -0.39 is 0 Å². The average Bonchev–Trinajstić information content (AvgIpc) is 2.87. The summed E-state index contributed by atoms with van der Waals surface area (Å²) in [6, 6.07) is 4.23. The molecule has 3 heterocycles. The number of thiazole rings is 1. The number of anilines is 1. The van der Waals surface area contributed by atoms with Gasteiger partial charge in [0.15, 0.2) is 0 Å². The molecule has 0 aromatic carbocycles. The van der Waals surface area contributed by atoms with Crippen molar-refractivity contribution in [3.63, 3.8) is 0 Å². The third-order valence-electron chi connectivity index (χ3n) is 3.00. The molecule has 0 amide bonds. The standard InChI is InChI=1S/C13H15N3S2/c1-10-15-12(9-18-10)11-2-3-13(14-8-11)16-4-6-17-7-5-16/h2-3,8-9H,4-7H2,1H3. The summed E-state index contributed by atoms with van der Waals surface area (Å²) in [6.45, 7) is 4.24. The van der Waals surface area contributed by atoms with E-state index in [0.717, 1.165) is 35.2 Å². The molecule has 0 N–H and O–H groups in total. The first kappa shape index (κ1) is 12.0. The summed E-state index contributed by atoms with van der Waals surface area (Å²) in [6.07, 6.45) is 1.94. The Bertz CT molecular complexity index is 515. The van der Waals surface area contributed by atoms with Gasteiger partial charge in [0.05, 0.1) is 10.7 Å². The van der Waals surface area contributed by atoms with Crippen molar-refractivity contribution in [3.8, 4) is 11.3 Å². The second-order valence-electron chi connectivity index (χ2n) is 4.26. The van der Waals surface area contributed by atoms with Crippen LogP contribution in [0, 0.1) is 6.92 Å². The Morgan fingerprint density at radius 2 is 2.06 bits per heavy atom. The van der Waals surface area contributed by atoms with Crippen molar-refractivity contribution in [2.45, 2.75) is 6.92 Å². The number of hydrogen-bond acceptors (Lipinski definition) is 5. The predicted molar refractivity (Wildman–Crippen MR) is 79.6 cm³/mol. The molecule has 94 valence electrons. The van der Waals surface area contributed by atoms with E-state index >= 15 is 0 Å². The molecule has 2 aromatic rings. The van der Waals surface area contributed by atoms with E-state index in [2.05, 4.69) is 32.4 Å². The zero-order chi connectivity index (χ0) is 12.4. The van der Waals surface area contributed by atoms with Crippen LogP contribution in [0.15, 0.2) is 23.7 Å². The Balaban J connectivity index is 1.80. The Labute approximate surface area is 115 Å². The molecule has 0 bridgehead atoms. The minimum absolute atomic E-state index is 1.03. The molecule has 1 saturated heterocycles. The van der Waals surface area contributed by atoms with Gasteiger partial charge in [-0.15, -0.1) is 11.3 Å². The summed E-state index contributed by atoms with van der Waals surface area (Å²) < 4.78 is 0. The SMILES string of the molecule is Cc1nc(-c2ccc(N3CCSCC3)nc2)cs1. The van der Waals surface area contributed by atoms with Gasteiger partial charge in [0.25, 0.3) is 0 Å². The van der Waals surface area contributed by atoms with Gasteiger partial charge < -0.3 is 4.90 Å². The van der Waals surface area contributed by atoms with Crippen molar-refractivity contribution >= 4 is 28.9 Å². The lowest BCUT2D eigenvalue weighted by Crippen LogP contribution is -2.32. The van der Waals surface area contributed by atoms with Crippen LogP contribution in [0.5, 0.6) is 0 Å². The lowest BCUT2D eigenvalue weighted by Gasteiger charge is -2.27. The highest BCUT2D eigenvalue weighted by atomic mass is 32.2. The van der Waals surface area contributed by atoms with Crippen LogP contribution in [0.1, 0.15) is 5.01 Å². The smallest absolute Gasteiger partial charge is 0.128 e. The molecular formula is C13H15N3S2. The first-order valence-electron chi connectivity index (χ1n) is 6.04. The number of rotatable bonds is 2. The quantitative estimate of drug-likeness (QED) is 0.843. The zero-order valence-corrected chi connectivity index (χ0v) is 11.9. The Morgan fingerprint density at radius 3 is 2.67 bits per heavy atom. The van der Waals surface area contributed by atoms with Crippen molar-refractivity contribution < 1.29 is 0 Å². The number of pyridine rings is 1. The number of nitrogens with zero attached hydrogens (tertiary/aromatic N) is 3. The van der Waals surface area contributed by atoms with E-state index in [-0.39, 0.29) is 0 Å². The highest BCUT2D eigenvalue weighted by Crippen LogP contribution is 2.23. The van der Waals surface area contributed by atoms with Gasteiger partial charge >= 0.3 is 0 Å². The predicted octanol–water partition coefficient (Wildman–Crippen LogP) is 3.07. The Hall–Kier alpha value is -1.07. The normalized spacial score (nSPS) is 15.9. The molecular weight excluding hydrogens is 262 g/mol. The lowest BCUT2D eigenvalue weighted by atomic mass is 10.2. The third kappa shape index (κ3) is 2.52. The highest BCUT2D eigenvalue weighted by molar-refractivity contribution is 7.99. The molecule has 3 nitrogen and oxygen atoms in total. The summed E-state index contributed by atoms with van der Waals surface area (Å²) in [5, 5.41) is 3.19. The van der Waals surface area contributed by atoms with E-state index in [1.54, 1.807) is 11.3 Å². The topological polar surface area (TPSA) is 29.0 Å². The van der Waals surface area contributed by atoms with Crippen LogP contribution in [0.2, 0.25) is 0 Å². The van der Waals surface area contributed by atoms with Crippen LogP contribution in [-0.4, -0.2) is 34.6 Å². The summed E-state index contributed by atoms with van der Waals surface area (Å²) in [5.74, 6) is 3.50. The molecule has 0 saturated carbocycles. The van der Waals surface area contributed by atoms with Crippen molar-refractivity contribution in [2.75, 3.05) is 29.5 Å². The summed E-state index contributed by atoms with van der Waals surface area (Å²) in [4.78, 5) is 11.4. The average molecular weight is 277 g/mol. The first-order valence-corrected chi connectivity index (χ1v) is 8.07. The van der Waals surface area contributed by atoms with Crippen LogP contribution < -0.4 is 4.90 Å². The van der Waals surface area contributed by atoms with E-state index in [4.69, 9.17) is 0 Å². The first-order chi connectivity index (χ1) is 8.83. The Morgan fingerprint density at radius 1 is 1.22 bits per heavy atom. The second-order valence-corrected chi connectivity index (χ2v) is 6.54. The van der Waals surface area contributed by atoms with Crippen LogP contribution in [0.3, 0.4) is 0 Å². The van der Waals surface area contributed by atoms with Gasteiger partial charge in [0.1, 0.15) is 5.82 Å². The molecule has 3 rings (SSSR count). The van der Waals surface area contributed by atoms with E-state index in [1.807, 2.05) is 24.9 Å². The monoisotopic (exact) mass is 277 g/mol. The molecule has 0 atom stereocenters. The van der Waals surface area contributed by atoms with E-state index in [1.165, 1.54) is 11.5 Å². The number of aromatic nitrogens is 2. The van der Waals surface area contributed by atoms with E-state index in [9.17, 15) is 0 Å². The van der Waals surface area contributed by atoms with Gasteiger partial charge in [0.2, 0.25) is 0 Å². The molecule has 0 unspecified atom stereocenters. The van der Waals surface area contributed by atoms with Crippen molar-refractivity contribution in [1.82, 2.24) is 9.97 Å². The van der Waals surface area contributed by atoms with Crippen molar-refractivity contribution in [3.05, 3.63) is 28.7 Å². The fourth-order valence-electron chi connectivity index (χ4n) is 2.01. The molecule has 1 aliphatic rings. The van der Waals surface area contributed by atoms with Gasteiger partial charge in [-0.2, -0.15) is 11.8 Å². The Kier molecular flexibility index (Phi) is 3.52. The van der Waals surface area contributed by atoms with E-state index in [0.29, 0.717) is 0 Å². The summed E-state index contributed by atoms with van der Waals surface area (Å²) in [7, 11) is 0. The van der Waals surface area contributed by atoms with Crippen LogP contribution in [0.25, 0.3) is 11.3 Å². The van der Waals surface area contributed by atoms with Crippen molar-refractivity contribution in [2.24, 2.45) is 0 Å². The largest absolute Gasteiger partial charge is 0.355 e.